The van der Waals surface area contributed by atoms with Crippen LogP contribution < -0.4 is 5.73 Å². The van der Waals surface area contributed by atoms with Crippen molar-refractivity contribution in [3.63, 3.8) is 0 Å². The number of rotatable bonds is 5. The summed E-state index contributed by atoms with van der Waals surface area (Å²) in [5.74, 6) is -0.0668. The molecule has 4 nitrogen and oxygen atoms in total. The summed E-state index contributed by atoms with van der Waals surface area (Å²) < 4.78 is 36.4. The van der Waals surface area contributed by atoms with Crippen LogP contribution in [0, 0.1) is 0 Å². The Morgan fingerprint density at radius 2 is 2.00 bits per heavy atom. The van der Waals surface area contributed by atoms with Gasteiger partial charge in [0, 0.05) is 19.0 Å². The van der Waals surface area contributed by atoms with E-state index in [2.05, 4.69) is 5.16 Å². The summed E-state index contributed by atoms with van der Waals surface area (Å²) in [4.78, 5) is 1.22. The van der Waals surface area contributed by atoms with E-state index in [9.17, 15) is 13.2 Å². The Balaban J connectivity index is 4.18. The van der Waals surface area contributed by atoms with Gasteiger partial charge in [0.2, 0.25) is 0 Å². The van der Waals surface area contributed by atoms with Crippen molar-refractivity contribution >= 4 is 5.84 Å². The lowest BCUT2D eigenvalue weighted by molar-refractivity contribution is -0.149. The molecule has 0 aliphatic rings. The first-order valence-corrected chi connectivity index (χ1v) is 4.53. The van der Waals surface area contributed by atoms with Crippen molar-refractivity contribution in [3.05, 3.63) is 0 Å². The van der Waals surface area contributed by atoms with Crippen molar-refractivity contribution in [1.29, 1.82) is 0 Å². The number of nitrogens with two attached hydrogens (primary N) is 1. The van der Waals surface area contributed by atoms with Gasteiger partial charge in [-0.1, -0.05) is 5.16 Å². The van der Waals surface area contributed by atoms with E-state index in [1.54, 1.807) is 13.8 Å². The fraction of sp³-hybridized carbons (Fsp3) is 0.875. The van der Waals surface area contributed by atoms with E-state index in [-0.39, 0.29) is 24.8 Å². The van der Waals surface area contributed by atoms with E-state index in [4.69, 9.17) is 10.9 Å². The SMILES string of the molecule is CC(C)N(CCC(N)=NO)CC(F)(F)F. The normalized spacial score (nSPS) is 13.9. The molecule has 0 saturated carbocycles. The monoisotopic (exact) mass is 227 g/mol. The molecule has 0 unspecified atom stereocenters. The molecule has 0 rings (SSSR count). The summed E-state index contributed by atoms with van der Waals surface area (Å²) >= 11 is 0. The van der Waals surface area contributed by atoms with Gasteiger partial charge >= 0.3 is 6.18 Å². The average molecular weight is 227 g/mol. The fourth-order valence-electron chi connectivity index (χ4n) is 1.06. The molecule has 0 bridgehead atoms. The number of amidine groups is 1. The lowest BCUT2D eigenvalue weighted by Gasteiger charge is -2.27. The Bertz CT molecular complexity index is 216. The summed E-state index contributed by atoms with van der Waals surface area (Å²) in [5, 5.41) is 10.9. The molecule has 0 aromatic heterocycles. The second-order valence-electron chi connectivity index (χ2n) is 3.52. The van der Waals surface area contributed by atoms with Crippen LogP contribution in [-0.2, 0) is 0 Å². The van der Waals surface area contributed by atoms with Crippen LogP contribution in [0.25, 0.3) is 0 Å². The number of halogens is 3. The summed E-state index contributed by atoms with van der Waals surface area (Å²) in [6.07, 6.45) is -4.11. The number of hydrogen-bond donors (Lipinski definition) is 2. The van der Waals surface area contributed by atoms with Crippen LogP contribution in [0.1, 0.15) is 20.3 Å². The molecule has 0 heterocycles. The van der Waals surface area contributed by atoms with Crippen LogP contribution in [0.2, 0.25) is 0 Å². The van der Waals surface area contributed by atoms with Crippen molar-refractivity contribution in [2.24, 2.45) is 10.9 Å². The Morgan fingerprint density at radius 3 is 2.33 bits per heavy atom. The molecule has 0 fully saturated rings. The van der Waals surface area contributed by atoms with E-state index >= 15 is 0 Å². The van der Waals surface area contributed by atoms with E-state index < -0.39 is 12.7 Å². The zero-order valence-electron chi connectivity index (χ0n) is 8.75. The van der Waals surface area contributed by atoms with Gasteiger partial charge in [-0.05, 0) is 13.8 Å². The predicted molar refractivity (Wildman–Crippen MR) is 50.8 cm³/mol. The Kier molecular flexibility index (Phi) is 5.41. The molecule has 0 aliphatic heterocycles. The topological polar surface area (TPSA) is 61.8 Å². The maximum Gasteiger partial charge on any atom is 0.401 e. The quantitative estimate of drug-likeness (QED) is 0.323. The summed E-state index contributed by atoms with van der Waals surface area (Å²) in [6, 6.07) is -0.238. The van der Waals surface area contributed by atoms with Crippen molar-refractivity contribution < 1.29 is 18.4 Å². The summed E-state index contributed by atoms with van der Waals surface area (Å²) in [7, 11) is 0. The van der Waals surface area contributed by atoms with Gasteiger partial charge in [-0.15, -0.1) is 0 Å². The molecule has 3 N–H and O–H groups in total. The van der Waals surface area contributed by atoms with Gasteiger partial charge < -0.3 is 10.9 Å². The highest BCUT2D eigenvalue weighted by Gasteiger charge is 2.31. The molecular weight excluding hydrogens is 211 g/mol. The maximum atomic E-state index is 12.1. The van der Waals surface area contributed by atoms with Gasteiger partial charge in [0.15, 0.2) is 0 Å². The molecular formula is C8H16F3N3O. The molecule has 7 heteroatoms. The van der Waals surface area contributed by atoms with Crippen LogP contribution in [0.5, 0.6) is 0 Å². The van der Waals surface area contributed by atoms with Gasteiger partial charge in [-0.2, -0.15) is 13.2 Å². The molecule has 0 atom stereocenters. The highest BCUT2D eigenvalue weighted by Crippen LogP contribution is 2.18. The third-order valence-corrected chi connectivity index (χ3v) is 1.90. The average Bonchev–Trinajstić information content (AvgIpc) is 2.09. The third-order valence-electron chi connectivity index (χ3n) is 1.90. The minimum Gasteiger partial charge on any atom is -0.409 e. The number of nitrogens with zero attached hydrogens (tertiary/aromatic N) is 2. The second-order valence-corrected chi connectivity index (χ2v) is 3.52. The first-order valence-electron chi connectivity index (χ1n) is 4.53. The minimum atomic E-state index is -4.23. The lowest BCUT2D eigenvalue weighted by atomic mass is 10.2. The van der Waals surface area contributed by atoms with Crippen molar-refractivity contribution in [2.75, 3.05) is 13.1 Å². The lowest BCUT2D eigenvalue weighted by Crippen LogP contribution is -2.40. The first-order chi connectivity index (χ1) is 6.76. The van der Waals surface area contributed by atoms with Crippen molar-refractivity contribution in [3.8, 4) is 0 Å². The molecule has 0 aromatic carbocycles. The van der Waals surface area contributed by atoms with Gasteiger partial charge in [-0.3, -0.25) is 4.90 Å². The largest absolute Gasteiger partial charge is 0.409 e. The standard InChI is InChI=1S/C8H16F3N3O/c1-6(2)14(5-8(9,10)11)4-3-7(12)13-15/h6,15H,3-5H2,1-2H3,(H2,12,13). The molecule has 0 amide bonds. The number of hydrogen-bond acceptors (Lipinski definition) is 3. The smallest absolute Gasteiger partial charge is 0.401 e. The molecule has 0 saturated heterocycles. The van der Waals surface area contributed by atoms with E-state index in [0.717, 1.165) is 0 Å². The first kappa shape index (κ1) is 14.0. The van der Waals surface area contributed by atoms with Crippen LogP contribution in [0.15, 0.2) is 5.16 Å². The van der Waals surface area contributed by atoms with Crippen molar-refractivity contribution in [2.45, 2.75) is 32.5 Å². The summed E-state index contributed by atoms with van der Waals surface area (Å²) in [6.45, 7) is 2.46. The van der Waals surface area contributed by atoms with Crippen LogP contribution >= 0.6 is 0 Å². The van der Waals surface area contributed by atoms with E-state index in [0.29, 0.717) is 0 Å². The molecule has 0 spiro atoms. The van der Waals surface area contributed by atoms with Gasteiger partial charge in [0.25, 0.3) is 0 Å². The Labute approximate surface area is 86.5 Å². The highest BCUT2D eigenvalue weighted by atomic mass is 19.4. The Morgan fingerprint density at radius 1 is 1.47 bits per heavy atom. The molecule has 0 aliphatic carbocycles. The van der Waals surface area contributed by atoms with Crippen LogP contribution in [0.3, 0.4) is 0 Å². The number of alkyl halides is 3. The highest BCUT2D eigenvalue weighted by molar-refractivity contribution is 5.79. The van der Waals surface area contributed by atoms with Gasteiger partial charge in [0.05, 0.1) is 6.54 Å². The van der Waals surface area contributed by atoms with Gasteiger partial charge in [-0.25, -0.2) is 0 Å². The second kappa shape index (κ2) is 5.79. The number of oxime groups is 1. The molecule has 0 aromatic rings. The molecule has 15 heavy (non-hydrogen) atoms. The zero-order valence-corrected chi connectivity index (χ0v) is 8.75. The van der Waals surface area contributed by atoms with Crippen LogP contribution in [-0.4, -0.2) is 41.3 Å². The predicted octanol–water partition coefficient (Wildman–Crippen LogP) is 1.40. The maximum absolute atomic E-state index is 12.1. The zero-order chi connectivity index (χ0) is 12.1. The van der Waals surface area contributed by atoms with Gasteiger partial charge in [0.1, 0.15) is 5.84 Å². The van der Waals surface area contributed by atoms with Crippen LogP contribution in [0.4, 0.5) is 13.2 Å². The van der Waals surface area contributed by atoms with E-state index in [1.807, 2.05) is 0 Å². The van der Waals surface area contributed by atoms with Crippen molar-refractivity contribution in [1.82, 2.24) is 4.90 Å². The molecule has 90 valence electrons. The summed E-state index contributed by atoms with van der Waals surface area (Å²) in [5.41, 5.74) is 5.18. The van der Waals surface area contributed by atoms with E-state index in [1.165, 1.54) is 4.90 Å². The molecule has 0 radical (unpaired) electrons. The minimum absolute atomic E-state index is 0.0668. The Hall–Kier alpha value is -0.980. The fourth-order valence-corrected chi connectivity index (χ4v) is 1.06. The third kappa shape index (κ3) is 7.01.